The molecule has 0 spiro atoms. The molecule has 10 heavy (non-hydrogen) atoms. The third kappa shape index (κ3) is 3.28. The quantitative estimate of drug-likeness (QED) is 0.473. The van der Waals surface area contributed by atoms with Crippen molar-refractivity contribution in [3.8, 4) is 0 Å². The van der Waals surface area contributed by atoms with Gasteiger partial charge in [0.15, 0.2) is 0 Å². The fraction of sp³-hybridized carbons (Fsp3) is 0.625. The summed E-state index contributed by atoms with van der Waals surface area (Å²) < 4.78 is 0. The number of amidine groups is 1. The van der Waals surface area contributed by atoms with E-state index < -0.39 is 0 Å². The van der Waals surface area contributed by atoms with Gasteiger partial charge in [0, 0.05) is 12.1 Å². The zero-order valence-corrected chi connectivity index (χ0v) is 7.02. The number of hydrogen-bond acceptors (Lipinski definition) is 1. The van der Waals surface area contributed by atoms with Gasteiger partial charge in [0.2, 0.25) is 0 Å². The highest BCUT2D eigenvalue weighted by Crippen LogP contribution is 2.01. The molecule has 0 aliphatic carbocycles. The molecule has 0 aliphatic rings. The van der Waals surface area contributed by atoms with E-state index in [0.29, 0.717) is 0 Å². The summed E-state index contributed by atoms with van der Waals surface area (Å²) in [7, 11) is 0. The maximum atomic E-state index is 5.53. The van der Waals surface area contributed by atoms with Crippen LogP contribution in [0.25, 0.3) is 0 Å². The second-order valence-electron chi connectivity index (χ2n) is 2.09. The maximum absolute atomic E-state index is 5.53. The van der Waals surface area contributed by atoms with Gasteiger partial charge in [-0.1, -0.05) is 19.9 Å². The molecule has 0 aliphatic heterocycles. The summed E-state index contributed by atoms with van der Waals surface area (Å²) in [5, 5.41) is 0. The van der Waals surface area contributed by atoms with Crippen LogP contribution in [0.15, 0.2) is 16.8 Å². The van der Waals surface area contributed by atoms with Crippen LogP contribution in [0.1, 0.15) is 33.6 Å². The lowest BCUT2D eigenvalue weighted by atomic mass is 10.3. The maximum Gasteiger partial charge on any atom is 0.0989 e. The fourth-order valence-electron chi connectivity index (χ4n) is 0.611. The van der Waals surface area contributed by atoms with Crippen LogP contribution in [0.4, 0.5) is 0 Å². The summed E-state index contributed by atoms with van der Waals surface area (Å²) >= 11 is 0. The van der Waals surface area contributed by atoms with Crippen LogP contribution in [0.2, 0.25) is 0 Å². The topological polar surface area (TPSA) is 38.4 Å². The molecule has 0 saturated heterocycles. The van der Waals surface area contributed by atoms with E-state index >= 15 is 0 Å². The second-order valence-corrected chi connectivity index (χ2v) is 2.09. The molecule has 0 heterocycles. The summed E-state index contributed by atoms with van der Waals surface area (Å²) in [6.45, 7) is 6.05. The molecular weight excluding hydrogens is 124 g/mol. The summed E-state index contributed by atoms with van der Waals surface area (Å²) in [5.74, 6) is 0.718. The summed E-state index contributed by atoms with van der Waals surface area (Å²) in [6.07, 6.45) is 3.77. The van der Waals surface area contributed by atoms with Crippen molar-refractivity contribution < 1.29 is 0 Å². The molecule has 2 nitrogen and oxygen atoms in total. The van der Waals surface area contributed by atoms with E-state index in [1.54, 1.807) is 0 Å². The van der Waals surface area contributed by atoms with Crippen LogP contribution in [-0.4, -0.2) is 5.84 Å². The molecule has 0 unspecified atom stereocenters. The summed E-state index contributed by atoms with van der Waals surface area (Å²) in [4.78, 5) is 4.19. The molecule has 0 aromatic carbocycles. The first-order valence-corrected chi connectivity index (χ1v) is 3.72. The van der Waals surface area contributed by atoms with E-state index in [1.807, 2.05) is 19.9 Å². The third-order valence-corrected chi connectivity index (χ3v) is 1.34. The Bertz CT molecular complexity index is 145. The van der Waals surface area contributed by atoms with Gasteiger partial charge in [-0.3, -0.25) is 0 Å². The molecule has 0 fully saturated rings. The number of rotatable bonds is 3. The molecule has 2 N–H and O–H groups in total. The molecule has 0 aromatic heterocycles. The lowest BCUT2D eigenvalue weighted by Gasteiger charge is -1.97. The highest BCUT2D eigenvalue weighted by molar-refractivity contribution is 5.80. The smallest absolute Gasteiger partial charge is 0.0989 e. The van der Waals surface area contributed by atoms with Gasteiger partial charge < -0.3 is 5.73 Å². The monoisotopic (exact) mass is 140 g/mol. The first-order valence-electron chi connectivity index (χ1n) is 3.72. The van der Waals surface area contributed by atoms with E-state index in [1.165, 1.54) is 0 Å². The van der Waals surface area contributed by atoms with Crippen molar-refractivity contribution in [1.29, 1.82) is 0 Å². The Labute approximate surface area is 62.8 Å². The number of allylic oxidation sites excluding steroid dienone is 2. The van der Waals surface area contributed by atoms with Crippen LogP contribution in [0.3, 0.4) is 0 Å². The number of nitrogens with two attached hydrogens (primary N) is 1. The fourth-order valence-corrected chi connectivity index (χ4v) is 0.611. The van der Waals surface area contributed by atoms with Crippen LogP contribution >= 0.6 is 0 Å². The molecule has 0 saturated carbocycles. The number of nitrogens with zero attached hydrogens (tertiary/aromatic N) is 1. The average Bonchev–Trinajstić information content (AvgIpc) is 1.99. The first kappa shape index (κ1) is 9.21. The van der Waals surface area contributed by atoms with Gasteiger partial charge in [0.1, 0.15) is 0 Å². The van der Waals surface area contributed by atoms with Crippen LogP contribution < -0.4 is 5.73 Å². The molecule has 2 heteroatoms. The van der Waals surface area contributed by atoms with Crippen molar-refractivity contribution in [3.05, 3.63) is 11.8 Å². The minimum absolute atomic E-state index is 0.718. The van der Waals surface area contributed by atoms with Gasteiger partial charge in [-0.05, 0) is 13.3 Å². The van der Waals surface area contributed by atoms with Crippen molar-refractivity contribution in [1.82, 2.24) is 0 Å². The highest BCUT2D eigenvalue weighted by atomic mass is 14.9. The minimum Gasteiger partial charge on any atom is -0.387 e. The Hall–Kier alpha value is -0.790. The first-order chi connectivity index (χ1) is 4.74. The van der Waals surface area contributed by atoms with Crippen molar-refractivity contribution in [2.75, 3.05) is 0 Å². The predicted octanol–water partition coefficient (Wildman–Crippen LogP) is 2.07. The van der Waals surface area contributed by atoms with Gasteiger partial charge in [0.25, 0.3) is 0 Å². The molecular formula is C8H16N2. The SMILES string of the molecule is C/C=C(\CC)N=C(N)CC. The van der Waals surface area contributed by atoms with E-state index in [2.05, 4.69) is 11.9 Å². The Morgan fingerprint density at radius 2 is 2.00 bits per heavy atom. The van der Waals surface area contributed by atoms with Crippen molar-refractivity contribution >= 4 is 5.84 Å². The third-order valence-electron chi connectivity index (χ3n) is 1.34. The van der Waals surface area contributed by atoms with Crippen molar-refractivity contribution in [3.63, 3.8) is 0 Å². The minimum atomic E-state index is 0.718. The Balaban J connectivity index is 4.08. The van der Waals surface area contributed by atoms with E-state index in [9.17, 15) is 0 Å². The molecule has 0 rings (SSSR count). The van der Waals surface area contributed by atoms with Gasteiger partial charge in [-0.25, -0.2) is 4.99 Å². The Morgan fingerprint density at radius 3 is 2.30 bits per heavy atom. The Kier molecular flexibility index (Phi) is 4.63. The van der Waals surface area contributed by atoms with Crippen molar-refractivity contribution in [2.24, 2.45) is 10.7 Å². The summed E-state index contributed by atoms with van der Waals surface area (Å²) in [5.41, 5.74) is 6.60. The lowest BCUT2D eigenvalue weighted by molar-refractivity contribution is 1.04. The molecule has 58 valence electrons. The molecule has 0 radical (unpaired) electrons. The lowest BCUT2D eigenvalue weighted by Crippen LogP contribution is -2.09. The normalized spacial score (nSPS) is 13.9. The molecule has 0 amide bonds. The number of aliphatic imine (C=N–C) groups is 1. The van der Waals surface area contributed by atoms with E-state index in [0.717, 1.165) is 24.4 Å². The molecule has 0 atom stereocenters. The molecule has 0 bridgehead atoms. The van der Waals surface area contributed by atoms with Crippen molar-refractivity contribution in [2.45, 2.75) is 33.6 Å². The standard InChI is InChI=1S/C8H16N2/c1-4-7(5-2)10-8(9)6-3/h4H,5-6H2,1-3H3,(H2,9,10)/b7-4+. The van der Waals surface area contributed by atoms with Gasteiger partial charge in [0.05, 0.1) is 5.84 Å². The van der Waals surface area contributed by atoms with Gasteiger partial charge >= 0.3 is 0 Å². The van der Waals surface area contributed by atoms with E-state index in [-0.39, 0.29) is 0 Å². The number of hydrogen-bond donors (Lipinski definition) is 1. The van der Waals surface area contributed by atoms with Crippen LogP contribution in [-0.2, 0) is 0 Å². The average molecular weight is 140 g/mol. The zero-order chi connectivity index (χ0) is 7.98. The predicted molar refractivity (Wildman–Crippen MR) is 46.0 cm³/mol. The second kappa shape index (κ2) is 5.03. The van der Waals surface area contributed by atoms with Crippen LogP contribution in [0.5, 0.6) is 0 Å². The van der Waals surface area contributed by atoms with Gasteiger partial charge in [-0.15, -0.1) is 0 Å². The zero-order valence-electron chi connectivity index (χ0n) is 7.02. The van der Waals surface area contributed by atoms with Gasteiger partial charge in [-0.2, -0.15) is 0 Å². The summed E-state index contributed by atoms with van der Waals surface area (Å²) in [6, 6.07) is 0. The van der Waals surface area contributed by atoms with Crippen LogP contribution in [0, 0.1) is 0 Å². The largest absolute Gasteiger partial charge is 0.387 e. The highest BCUT2D eigenvalue weighted by Gasteiger charge is 1.89. The Morgan fingerprint density at radius 1 is 1.40 bits per heavy atom. The van der Waals surface area contributed by atoms with E-state index in [4.69, 9.17) is 5.73 Å². The molecule has 0 aromatic rings.